The molecule has 0 saturated heterocycles. The third kappa shape index (κ3) is 3.89. The van der Waals surface area contributed by atoms with Gasteiger partial charge in [0.1, 0.15) is 22.7 Å². The van der Waals surface area contributed by atoms with Crippen LogP contribution >= 0.6 is 11.3 Å². The number of thiazole rings is 1. The molecule has 0 aliphatic rings. The van der Waals surface area contributed by atoms with Gasteiger partial charge in [0.2, 0.25) is 0 Å². The van der Waals surface area contributed by atoms with Crippen molar-refractivity contribution >= 4 is 27.4 Å². The smallest absolute Gasteiger partial charge is 0.261 e. The highest BCUT2D eigenvalue weighted by Gasteiger charge is 2.14. The number of hydrogen-bond acceptors (Lipinski definition) is 8. The summed E-state index contributed by atoms with van der Waals surface area (Å²) in [5.41, 5.74) is 3.65. The molecule has 0 spiro atoms. The summed E-state index contributed by atoms with van der Waals surface area (Å²) >= 11 is 1.41. The topological polar surface area (TPSA) is 102 Å². The first kappa shape index (κ1) is 20.0. The SMILES string of the molecule is COc1ccc(Cn2cnc3c(-c4csc(NCCO)n4)nccc3c2=O)c(C)c1. The molecule has 2 N–H and O–H groups in total. The third-order valence-corrected chi connectivity index (χ3v) is 5.57. The van der Waals surface area contributed by atoms with Crippen LogP contribution in [0.4, 0.5) is 5.13 Å². The molecular weight excluding hydrogens is 402 g/mol. The van der Waals surface area contributed by atoms with Crippen LogP contribution in [0.5, 0.6) is 5.75 Å². The number of anilines is 1. The van der Waals surface area contributed by atoms with Crippen molar-refractivity contribution in [2.75, 3.05) is 25.6 Å². The number of aromatic nitrogens is 4. The van der Waals surface area contributed by atoms with E-state index in [0.29, 0.717) is 40.5 Å². The molecule has 4 aromatic rings. The molecule has 4 rings (SSSR count). The maximum absolute atomic E-state index is 13.1. The van der Waals surface area contributed by atoms with Gasteiger partial charge in [-0.25, -0.2) is 9.97 Å². The van der Waals surface area contributed by atoms with Crippen LogP contribution in [0.1, 0.15) is 11.1 Å². The van der Waals surface area contributed by atoms with E-state index in [2.05, 4.69) is 20.3 Å². The number of hydrogen-bond donors (Lipinski definition) is 2. The van der Waals surface area contributed by atoms with E-state index >= 15 is 0 Å². The Morgan fingerprint density at radius 2 is 2.13 bits per heavy atom. The number of fused-ring (bicyclic) bond motifs is 1. The maximum atomic E-state index is 13.1. The molecule has 3 heterocycles. The summed E-state index contributed by atoms with van der Waals surface area (Å²) in [5, 5.41) is 15.0. The van der Waals surface area contributed by atoms with E-state index in [1.165, 1.54) is 11.3 Å². The molecule has 0 atom stereocenters. The zero-order valence-electron chi connectivity index (χ0n) is 16.6. The van der Waals surface area contributed by atoms with Crippen LogP contribution in [-0.4, -0.2) is 44.9 Å². The number of nitrogens with one attached hydrogen (secondary N) is 1. The van der Waals surface area contributed by atoms with Gasteiger partial charge >= 0.3 is 0 Å². The second kappa shape index (κ2) is 8.60. The Hall–Kier alpha value is -3.30. The number of rotatable bonds is 7. The molecule has 154 valence electrons. The zero-order valence-corrected chi connectivity index (χ0v) is 17.4. The first-order chi connectivity index (χ1) is 14.6. The molecule has 0 saturated carbocycles. The van der Waals surface area contributed by atoms with Gasteiger partial charge in [0, 0.05) is 18.1 Å². The second-order valence-electron chi connectivity index (χ2n) is 6.71. The van der Waals surface area contributed by atoms with Crippen LogP contribution in [-0.2, 0) is 6.54 Å². The third-order valence-electron chi connectivity index (χ3n) is 4.77. The summed E-state index contributed by atoms with van der Waals surface area (Å²) in [5.74, 6) is 0.784. The predicted molar refractivity (Wildman–Crippen MR) is 117 cm³/mol. The normalized spacial score (nSPS) is 11.0. The fourth-order valence-electron chi connectivity index (χ4n) is 3.17. The molecule has 0 bridgehead atoms. The van der Waals surface area contributed by atoms with E-state index in [4.69, 9.17) is 9.84 Å². The molecule has 30 heavy (non-hydrogen) atoms. The number of pyridine rings is 1. The van der Waals surface area contributed by atoms with Crippen molar-refractivity contribution in [2.24, 2.45) is 0 Å². The summed E-state index contributed by atoms with van der Waals surface area (Å²) in [4.78, 5) is 26.5. The van der Waals surface area contributed by atoms with Crippen molar-refractivity contribution in [1.29, 1.82) is 0 Å². The lowest BCUT2D eigenvalue weighted by molar-refractivity contribution is 0.311. The minimum Gasteiger partial charge on any atom is -0.497 e. The second-order valence-corrected chi connectivity index (χ2v) is 7.57. The molecule has 8 nitrogen and oxygen atoms in total. The highest BCUT2D eigenvalue weighted by molar-refractivity contribution is 7.14. The van der Waals surface area contributed by atoms with Gasteiger partial charge in [-0.1, -0.05) is 6.07 Å². The van der Waals surface area contributed by atoms with Gasteiger partial charge in [0.15, 0.2) is 5.13 Å². The van der Waals surface area contributed by atoms with Crippen molar-refractivity contribution in [3.8, 4) is 17.1 Å². The number of aliphatic hydroxyl groups is 1. The van der Waals surface area contributed by atoms with E-state index in [-0.39, 0.29) is 12.2 Å². The van der Waals surface area contributed by atoms with Crippen molar-refractivity contribution < 1.29 is 9.84 Å². The van der Waals surface area contributed by atoms with Crippen LogP contribution in [0.15, 0.2) is 47.0 Å². The van der Waals surface area contributed by atoms with Crippen molar-refractivity contribution in [3.05, 3.63) is 63.7 Å². The summed E-state index contributed by atoms with van der Waals surface area (Å²) < 4.78 is 6.84. The van der Waals surface area contributed by atoms with E-state index in [1.807, 2.05) is 30.5 Å². The van der Waals surface area contributed by atoms with Crippen LogP contribution in [0.3, 0.4) is 0 Å². The summed E-state index contributed by atoms with van der Waals surface area (Å²) in [6, 6.07) is 7.47. The molecule has 3 aromatic heterocycles. The molecule has 0 fully saturated rings. The molecule has 0 radical (unpaired) electrons. The fourth-order valence-corrected chi connectivity index (χ4v) is 3.90. The molecule has 1 aromatic carbocycles. The van der Waals surface area contributed by atoms with E-state index in [1.54, 1.807) is 30.3 Å². The predicted octanol–water partition coefficient (Wildman–Crippen LogP) is 2.68. The van der Waals surface area contributed by atoms with Gasteiger partial charge in [0.05, 0.1) is 32.0 Å². The van der Waals surface area contributed by atoms with Gasteiger partial charge in [-0.2, -0.15) is 0 Å². The van der Waals surface area contributed by atoms with E-state index < -0.39 is 0 Å². The summed E-state index contributed by atoms with van der Waals surface area (Å²) in [6.07, 6.45) is 3.15. The Kier molecular flexibility index (Phi) is 5.73. The average molecular weight is 423 g/mol. The number of methoxy groups -OCH3 is 1. The quantitative estimate of drug-likeness (QED) is 0.471. The highest BCUT2D eigenvalue weighted by atomic mass is 32.1. The Labute approximate surface area is 176 Å². The highest BCUT2D eigenvalue weighted by Crippen LogP contribution is 2.27. The number of aryl methyl sites for hydroxylation is 1. The molecule has 0 unspecified atom stereocenters. The molecular formula is C21H21N5O3S. The number of benzene rings is 1. The number of ether oxygens (including phenoxy) is 1. The number of aliphatic hydroxyl groups excluding tert-OH is 1. The Bertz CT molecular complexity index is 1250. The zero-order chi connectivity index (χ0) is 21.1. The van der Waals surface area contributed by atoms with Crippen LogP contribution in [0.2, 0.25) is 0 Å². The minimum atomic E-state index is -0.132. The van der Waals surface area contributed by atoms with Crippen molar-refractivity contribution in [2.45, 2.75) is 13.5 Å². The standard InChI is InChI=1S/C21H21N5O3S/c1-13-9-15(29-2)4-3-14(13)10-26-12-24-18-16(20(26)28)5-6-22-19(18)17-11-30-21(25-17)23-7-8-27/h3-6,9,11-12,27H,7-8,10H2,1-2H3,(H,23,25). The van der Waals surface area contributed by atoms with Crippen molar-refractivity contribution in [3.63, 3.8) is 0 Å². The lowest BCUT2D eigenvalue weighted by atomic mass is 10.1. The van der Waals surface area contributed by atoms with Gasteiger partial charge in [-0.3, -0.25) is 14.3 Å². The molecule has 0 aliphatic carbocycles. The van der Waals surface area contributed by atoms with Gasteiger partial charge in [-0.05, 0) is 36.2 Å². The Morgan fingerprint density at radius 3 is 2.90 bits per heavy atom. The molecule has 9 heteroatoms. The molecule has 0 aliphatic heterocycles. The van der Waals surface area contributed by atoms with Gasteiger partial charge in [0.25, 0.3) is 5.56 Å². The van der Waals surface area contributed by atoms with Crippen LogP contribution < -0.4 is 15.6 Å². The van der Waals surface area contributed by atoms with Crippen molar-refractivity contribution in [1.82, 2.24) is 19.5 Å². The largest absolute Gasteiger partial charge is 0.497 e. The summed E-state index contributed by atoms with van der Waals surface area (Å²) in [7, 11) is 1.63. The van der Waals surface area contributed by atoms with Crippen LogP contribution in [0, 0.1) is 6.92 Å². The maximum Gasteiger partial charge on any atom is 0.261 e. The van der Waals surface area contributed by atoms with Gasteiger partial charge < -0.3 is 15.2 Å². The lowest BCUT2D eigenvalue weighted by Crippen LogP contribution is -2.22. The Balaban J connectivity index is 1.70. The van der Waals surface area contributed by atoms with E-state index in [0.717, 1.165) is 16.9 Å². The first-order valence-electron chi connectivity index (χ1n) is 9.39. The number of nitrogens with zero attached hydrogens (tertiary/aromatic N) is 4. The average Bonchev–Trinajstić information content (AvgIpc) is 3.24. The Morgan fingerprint density at radius 1 is 1.27 bits per heavy atom. The minimum absolute atomic E-state index is 0.0240. The van der Waals surface area contributed by atoms with Gasteiger partial charge in [-0.15, -0.1) is 11.3 Å². The van der Waals surface area contributed by atoms with Crippen LogP contribution in [0.25, 0.3) is 22.3 Å². The summed E-state index contributed by atoms with van der Waals surface area (Å²) in [6.45, 7) is 2.85. The van der Waals surface area contributed by atoms with E-state index in [9.17, 15) is 4.79 Å². The molecule has 0 amide bonds. The fraction of sp³-hybridized carbons (Fsp3) is 0.238. The first-order valence-corrected chi connectivity index (χ1v) is 10.3. The lowest BCUT2D eigenvalue weighted by Gasteiger charge is -2.11. The monoisotopic (exact) mass is 423 g/mol.